The first-order valence-corrected chi connectivity index (χ1v) is 13.1. The lowest BCUT2D eigenvalue weighted by Crippen LogP contribution is -2.49. The highest BCUT2D eigenvalue weighted by atomic mass is 32.2. The molecule has 0 spiro atoms. The molecule has 1 aromatic rings. The largest absolute Gasteiger partial charge is 0.390 e. The minimum atomic E-state index is -3.19. The molecule has 3 unspecified atom stereocenters. The summed E-state index contributed by atoms with van der Waals surface area (Å²) in [5, 5.41) is 17.1. The fourth-order valence-electron chi connectivity index (χ4n) is 4.89. The number of rotatable bonds is 8. The van der Waals surface area contributed by atoms with E-state index in [0.29, 0.717) is 5.92 Å². The van der Waals surface area contributed by atoms with Gasteiger partial charge in [0, 0.05) is 19.5 Å². The number of fused-ring (bicyclic) bond motifs is 1. The van der Waals surface area contributed by atoms with E-state index in [0.717, 1.165) is 36.8 Å². The van der Waals surface area contributed by atoms with E-state index in [1.807, 2.05) is 12.1 Å². The van der Waals surface area contributed by atoms with Gasteiger partial charge in [-0.05, 0) is 35.4 Å². The maximum atomic E-state index is 12.4. The molecule has 3 atom stereocenters. The number of aryl methyl sites for hydroxylation is 1. The summed E-state index contributed by atoms with van der Waals surface area (Å²) in [6.45, 7) is 3.80. The molecule has 0 aromatic heterocycles. The summed E-state index contributed by atoms with van der Waals surface area (Å²) in [6.07, 6.45) is 6.86. The summed E-state index contributed by atoms with van der Waals surface area (Å²) >= 11 is 0. The van der Waals surface area contributed by atoms with Gasteiger partial charge in [0.1, 0.15) is 0 Å². The Hall–Kier alpha value is -1.44. The molecule has 168 valence electrons. The van der Waals surface area contributed by atoms with Gasteiger partial charge in [0.2, 0.25) is 5.91 Å². The van der Waals surface area contributed by atoms with Crippen LogP contribution < -0.4 is 10.6 Å². The van der Waals surface area contributed by atoms with Gasteiger partial charge in [-0.2, -0.15) is 0 Å². The Balaban J connectivity index is 1.69. The maximum Gasteiger partial charge on any atom is 0.217 e. The number of carbonyl (C=O) groups excluding carboxylic acids is 1. The van der Waals surface area contributed by atoms with E-state index in [9.17, 15) is 18.3 Å². The first-order valence-electron chi connectivity index (χ1n) is 11.3. The monoisotopic (exact) mass is 436 g/mol. The van der Waals surface area contributed by atoms with Crippen molar-refractivity contribution in [2.75, 3.05) is 12.3 Å². The van der Waals surface area contributed by atoms with Crippen LogP contribution in [0.15, 0.2) is 18.2 Å². The molecule has 7 heteroatoms. The third-order valence-corrected chi connectivity index (χ3v) is 8.12. The highest BCUT2D eigenvalue weighted by Crippen LogP contribution is 2.30. The van der Waals surface area contributed by atoms with Gasteiger partial charge in [0.15, 0.2) is 9.84 Å². The first-order chi connectivity index (χ1) is 14.3. The number of aliphatic hydroxyl groups is 1. The van der Waals surface area contributed by atoms with Gasteiger partial charge in [-0.3, -0.25) is 4.79 Å². The molecule has 1 fully saturated rings. The van der Waals surface area contributed by atoms with Crippen LogP contribution in [-0.4, -0.2) is 43.9 Å². The molecule has 1 aromatic carbocycles. The number of aliphatic hydroxyl groups excluding tert-OH is 1. The van der Waals surface area contributed by atoms with E-state index in [4.69, 9.17) is 0 Å². The summed E-state index contributed by atoms with van der Waals surface area (Å²) in [6, 6.07) is 5.33. The predicted molar refractivity (Wildman–Crippen MR) is 119 cm³/mol. The Morgan fingerprint density at radius 1 is 1.23 bits per heavy atom. The van der Waals surface area contributed by atoms with Gasteiger partial charge >= 0.3 is 0 Å². The number of hydrogen-bond donors (Lipinski definition) is 3. The van der Waals surface area contributed by atoms with Gasteiger partial charge < -0.3 is 15.7 Å². The molecule has 3 N–H and O–H groups in total. The zero-order valence-electron chi connectivity index (χ0n) is 18.2. The Morgan fingerprint density at radius 3 is 2.63 bits per heavy atom. The second-order valence-electron chi connectivity index (χ2n) is 9.02. The fourth-order valence-corrected chi connectivity index (χ4v) is 6.55. The lowest BCUT2D eigenvalue weighted by atomic mass is 9.83. The molecule has 1 saturated carbocycles. The van der Waals surface area contributed by atoms with E-state index < -0.39 is 15.9 Å². The number of benzene rings is 1. The number of carbonyl (C=O) groups is 1. The molecule has 1 aliphatic carbocycles. The van der Waals surface area contributed by atoms with E-state index in [1.54, 1.807) is 0 Å². The second kappa shape index (κ2) is 10.2. The molecule has 0 bridgehead atoms. The molecule has 1 heterocycles. The maximum absolute atomic E-state index is 12.4. The minimum absolute atomic E-state index is 0.0350. The minimum Gasteiger partial charge on any atom is -0.390 e. The van der Waals surface area contributed by atoms with Crippen LogP contribution in [0.4, 0.5) is 0 Å². The SMILES string of the molecule is CCc1ccc2c(c1)C(NCC(O)C(CC1CCCCC1)NC(C)=O)CS(=O)(=O)C2. The van der Waals surface area contributed by atoms with Crippen LogP contribution >= 0.6 is 0 Å². The highest BCUT2D eigenvalue weighted by Gasteiger charge is 2.31. The molecule has 2 aliphatic rings. The zero-order valence-corrected chi connectivity index (χ0v) is 19.0. The highest BCUT2D eigenvalue weighted by molar-refractivity contribution is 7.90. The normalized spacial score (nSPS) is 23.4. The van der Waals surface area contributed by atoms with Gasteiger partial charge in [-0.15, -0.1) is 0 Å². The third kappa shape index (κ3) is 6.28. The lowest BCUT2D eigenvalue weighted by Gasteiger charge is -2.32. The summed E-state index contributed by atoms with van der Waals surface area (Å²) in [5.74, 6) is 0.484. The van der Waals surface area contributed by atoms with Crippen LogP contribution in [0.5, 0.6) is 0 Å². The van der Waals surface area contributed by atoms with Gasteiger partial charge in [0.05, 0.1) is 23.7 Å². The summed E-state index contributed by atoms with van der Waals surface area (Å²) in [5.41, 5.74) is 3.03. The number of sulfone groups is 1. The number of hydrogen-bond acceptors (Lipinski definition) is 5. The van der Waals surface area contributed by atoms with Gasteiger partial charge in [-0.25, -0.2) is 8.42 Å². The van der Waals surface area contributed by atoms with Crippen LogP contribution in [-0.2, 0) is 26.8 Å². The van der Waals surface area contributed by atoms with Crippen LogP contribution in [0.25, 0.3) is 0 Å². The quantitative estimate of drug-likeness (QED) is 0.582. The summed E-state index contributed by atoms with van der Waals surface area (Å²) < 4.78 is 24.8. The Labute approximate surface area is 180 Å². The molecular weight excluding hydrogens is 400 g/mol. The zero-order chi connectivity index (χ0) is 21.7. The van der Waals surface area contributed by atoms with Crippen molar-refractivity contribution in [2.45, 2.75) is 82.7 Å². The van der Waals surface area contributed by atoms with Crippen molar-refractivity contribution in [3.63, 3.8) is 0 Å². The van der Waals surface area contributed by atoms with Gasteiger partial charge in [-0.1, -0.05) is 57.2 Å². The van der Waals surface area contributed by atoms with Crippen molar-refractivity contribution in [2.24, 2.45) is 5.92 Å². The molecule has 6 nitrogen and oxygen atoms in total. The smallest absolute Gasteiger partial charge is 0.217 e. The van der Waals surface area contributed by atoms with E-state index >= 15 is 0 Å². The standard InChI is InChI=1S/C23H36N2O4S/c1-3-17-9-10-19-14-30(28,29)15-22(20(19)11-17)24-13-23(27)21(25-16(2)26)12-18-7-5-4-6-8-18/h9-11,18,21-24,27H,3-8,12-15H2,1-2H3,(H,25,26). The first kappa shape index (κ1) is 23.2. The molecule has 0 saturated heterocycles. The summed E-state index contributed by atoms with van der Waals surface area (Å²) in [4.78, 5) is 11.7. The molecule has 1 aliphatic heterocycles. The van der Waals surface area contributed by atoms with Crippen molar-refractivity contribution < 1.29 is 18.3 Å². The van der Waals surface area contributed by atoms with Gasteiger partial charge in [0.25, 0.3) is 0 Å². The number of amides is 1. The van der Waals surface area contributed by atoms with Crippen LogP contribution in [0.1, 0.15) is 75.1 Å². The molecule has 0 radical (unpaired) electrons. The van der Waals surface area contributed by atoms with Crippen molar-refractivity contribution in [3.8, 4) is 0 Å². The fraction of sp³-hybridized carbons (Fsp3) is 0.696. The van der Waals surface area contributed by atoms with Crippen molar-refractivity contribution in [1.29, 1.82) is 0 Å². The average molecular weight is 437 g/mol. The topological polar surface area (TPSA) is 95.5 Å². The van der Waals surface area contributed by atoms with E-state index in [1.165, 1.54) is 31.7 Å². The summed E-state index contributed by atoms with van der Waals surface area (Å²) in [7, 11) is -3.19. The van der Waals surface area contributed by atoms with Crippen molar-refractivity contribution in [1.82, 2.24) is 10.6 Å². The lowest BCUT2D eigenvalue weighted by molar-refractivity contribution is -0.120. The molecular formula is C23H36N2O4S. The van der Waals surface area contributed by atoms with Crippen LogP contribution in [0.3, 0.4) is 0 Å². The molecule has 30 heavy (non-hydrogen) atoms. The predicted octanol–water partition coefficient (Wildman–Crippen LogP) is 2.64. The Kier molecular flexibility index (Phi) is 7.93. The third-order valence-electron chi connectivity index (χ3n) is 6.53. The molecule has 3 rings (SSSR count). The van der Waals surface area contributed by atoms with E-state index in [-0.39, 0.29) is 36.0 Å². The van der Waals surface area contributed by atoms with Crippen LogP contribution in [0, 0.1) is 5.92 Å². The Morgan fingerprint density at radius 2 is 1.97 bits per heavy atom. The van der Waals surface area contributed by atoms with Crippen LogP contribution in [0.2, 0.25) is 0 Å². The van der Waals surface area contributed by atoms with Crippen molar-refractivity contribution in [3.05, 3.63) is 34.9 Å². The average Bonchev–Trinajstić information content (AvgIpc) is 2.70. The second-order valence-corrected chi connectivity index (χ2v) is 11.1. The Bertz CT molecular complexity index is 834. The van der Waals surface area contributed by atoms with E-state index in [2.05, 4.69) is 23.6 Å². The van der Waals surface area contributed by atoms with Crippen molar-refractivity contribution >= 4 is 15.7 Å². The number of nitrogens with one attached hydrogen (secondary N) is 2. The molecule has 1 amide bonds.